The minimum atomic E-state index is 0.289. The molecule has 1 heteroatoms. The molecule has 1 N–H and O–H groups in total. The fraction of sp³-hybridized carbons (Fsp3) is 0.375. The second-order valence-electron chi connectivity index (χ2n) is 4.68. The number of benzene rings is 2. The Bertz CT molecular complexity index is 470. The van der Waals surface area contributed by atoms with Crippen molar-refractivity contribution in [1.29, 1.82) is 0 Å². The van der Waals surface area contributed by atoms with Crippen LogP contribution in [0, 0.1) is 5.92 Å². The quantitative estimate of drug-likeness (QED) is 0.825. The Morgan fingerprint density at radius 3 is 2.59 bits per heavy atom. The van der Waals surface area contributed by atoms with E-state index >= 15 is 0 Å². The minimum Gasteiger partial charge on any atom is -0.396 e. The van der Waals surface area contributed by atoms with Crippen LogP contribution < -0.4 is 0 Å². The lowest BCUT2D eigenvalue weighted by atomic mass is 9.92. The van der Waals surface area contributed by atoms with E-state index in [9.17, 15) is 5.11 Å². The molecule has 0 saturated carbocycles. The molecule has 0 amide bonds. The number of rotatable bonds is 5. The number of aliphatic hydroxyl groups is 1. The first-order valence-electron chi connectivity index (χ1n) is 6.42. The van der Waals surface area contributed by atoms with Crippen LogP contribution in [0.2, 0.25) is 0 Å². The molecule has 2 rings (SSSR count). The molecule has 17 heavy (non-hydrogen) atoms. The van der Waals surface area contributed by atoms with Gasteiger partial charge in [-0.1, -0.05) is 55.8 Å². The fourth-order valence-corrected chi connectivity index (χ4v) is 2.45. The van der Waals surface area contributed by atoms with Crippen LogP contribution in [0.25, 0.3) is 10.8 Å². The van der Waals surface area contributed by atoms with Crippen LogP contribution in [-0.4, -0.2) is 11.7 Å². The average Bonchev–Trinajstić information content (AvgIpc) is 2.38. The van der Waals surface area contributed by atoms with Gasteiger partial charge in [-0.3, -0.25) is 0 Å². The molecular weight excluding hydrogens is 208 g/mol. The Labute approximate surface area is 103 Å². The molecule has 0 heterocycles. The fourth-order valence-electron chi connectivity index (χ4n) is 2.45. The van der Waals surface area contributed by atoms with Crippen molar-refractivity contribution in [2.45, 2.75) is 26.2 Å². The van der Waals surface area contributed by atoms with E-state index in [1.165, 1.54) is 16.3 Å². The monoisotopic (exact) mass is 228 g/mol. The summed E-state index contributed by atoms with van der Waals surface area (Å²) in [5.41, 5.74) is 1.36. The van der Waals surface area contributed by atoms with E-state index in [0.29, 0.717) is 5.92 Å². The van der Waals surface area contributed by atoms with Crippen molar-refractivity contribution >= 4 is 10.8 Å². The van der Waals surface area contributed by atoms with Crippen molar-refractivity contribution in [2.24, 2.45) is 5.92 Å². The van der Waals surface area contributed by atoms with Crippen molar-refractivity contribution in [3.8, 4) is 0 Å². The van der Waals surface area contributed by atoms with Crippen molar-refractivity contribution < 1.29 is 5.11 Å². The third-order valence-electron chi connectivity index (χ3n) is 3.34. The van der Waals surface area contributed by atoms with Crippen molar-refractivity contribution in [3.63, 3.8) is 0 Å². The van der Waals surface area contributed by atoms with Crippen molar-refractivity contribution in [2.75, 3.05) is 6.61 Å². The van der Waals surface area contributed by atoms with Gasteiger partial charge >= 0.3 is 0 Å². The van der Waals surface area contributed by atoms with Gasteiger partial charge in [0.15, 0.2) is 0 Å². The number of hydrogen-bond acceptors (Lipinski definition) is 1. The molecule has 0 bridgehead atoms. The summed E-state index contributed by atoms with van der Waals surface area (Å²) in [6.45, 7) is 2.46. The Kier molecular flexibility index (Phi) is 4.16. The van der Waals surface area contributed by atoms with Gasteiger partial charge in [0.2, 0.25) is 0 Å². The topological polar surface area (TPSA) is 20.2 Å². The predicted molar refractivity (Wildman–Crippen MR) is 73.1 cm³/mol. The summed E-state index contributed by atoms with van der Waals surface area (Å²) in [5.74, 6) is 0.394. The largest absolute Gasteiger partial charge is 0.396 e. The van der Waals surface area contributed by atoms with Crippen LogP contribution in [-0.2, 0) is 6.42 Å². The lowest BCUT2D eigenvalue weighted by Gasteiger charge is -2.14. The second-order valence-corrected chi connectivity index (χ2v) is 4.68. The van der Waals surface area contributed by atoms with Crippen LogP contribution in [0.1, 0.15) is 25.3 Å². The summed E-state index contributed by atoms with van der Waals surface area (Å²) in [5, 5.41) is 12.0. The van der Waals surface area contributed by atoms with Gasteiger partial charge < -0.3 is 5.11 Å². The minimum absolute atomic E-state index is 0.289. The molecule has 2 aromatic rings. The summed E-state index contributed by atoms with van der Waals surface area (Å²) in [6, 6.07) is 14.9. The molecule has 90 valence electrons. The van der Waals surface area contributed by atoms with E-state index in [0.717, 1.165) is 19.3 Å². The van der Waals surface area contributed by atoms with Crippen LogP contribution in [0.4, 0.5) is 0 Å². The molecule has 0 aliphatic heterocycles. The Hall–Kier alpha value is -1.34. The van der Waals surface area contributed by atoms with E-state index in [1.54, 1.807) is 0 Å². The SMILES string of the molecule is CCCC(CO)Cc1cccc2ccccc12. The van der Waals surface area contributed by atoms with Gasteiger partial charge in [-0.15, -0.1) is 0 Å². The van der Waals surface area contributed by atoms with Gasteiger partial charge in [-0.05, 0) is 35.1 Å². The molecule has 0 aliphatic carbocycles. The van der Waals surface area contributed by atoms with Gasteiger partial charge in [0.05, 0.1) is 0 Å². The Balaban J connectivity index is 2.28. The molecule has 0 spiro atoms. The molecule has 1 nitrogen and oxygen atoms in total. The zero-order chi connectivity index (χ0) is 12.1. The average molecular weight is 228 g/mol. The molecule has 0 fully saturated rings. The molecule has 0 aromatic heterocycles. The Morgan fingerprint density at radius 1 is 1.06 bits per heavy atom. The maximum absolute atomic E-state index is 9.39. The molecule has 0 saturated heterocycles. The van der Waals surface area contributed by atoms with Gasteiger partial charge in [-0.2, -0.15) is 0 Å². The third kappa shape index (κ3) is 2.86. The van der Waals surface area contributed by atoms with Crippen LogP contribution in [0.15, 0.2) is 42.5 Å². The summed E-state index contributed by atoms with van der Waals surface area (Å²) in [7, 11) is 0. The van der Waals surface area contributed by atoms with Crippen molar-refractivity contribution in [1.82, 2.24) is 0 Å². The number of fused-ring (bicyclic) bond motifs is 1. The molecule has 1 unspecified atom stereocenters. The highest BCUT2D eigenvalue weighted by molar-refractivity contribution is 5.85. The maximum Gasteiger partial charge on any atom is 0.0462 e. The number of hydrogen-bond donors (Lipinski definition) is 1. The van der Waals surface area contributed by atoms with Gasteiger partial charge in [-0.25, -0.2) is 0 Å². The summed E-state index contributed by atoms with van der Waals surface area (Å²) in [6.07, 6.45) is 3.21. The second kappa shape index (κ2) is 5.83. The van der Waals surface area contributed by atoms with E-state index in [4.69, 9.17) is 0 Å². The lowest BCUT2D eigenvalue weighted by Crippen LogP contribution is -2.09. The maximum atomic E-state index is 9.39. The van der Waals surface area contributed by atoms with E-state index in [1.807, 2.05) is 0 Å². The van der Waals surface area contributed by atoms with Crippen LogP contribution in [0.3, 0.4) is 0 Å². The van der Waals surface area contributed by atoms with Gasteiger partial charge in [0.25, 0.3) is 0 Å². The molecule has 0 aliphatic rings. The summed E-state index contributed by atoms with van der Waals surface area (Å²) >= 11 is 0. The van der Waals surface area contributed by atoms with E-state index < -0.39 is 0 Å². The van der Waals surface area contributed by atoms with E-state index in [2.05, 4.69) is 49.4 Å². The summed E-state index contributed by atoms with van der Waals surface area (Å²) < 4.78 is 0. The molecule has 1 atom stereocenters. The van der Waals surface area contributed by atoms with Gasteiger partial charge in [0, 0.05) is 6.61 Å². The first-order chi connectivity index (χ1) is 8.35. The highest BCUT2D eigenvalue weighted by Crippen LogP contribution is 2.22. The normalized spacial score (nSPS) is 12.8. The Morgan fingerprint density at radius 2 is 1.82 bits per heavy atom. The molecular formula is C16H20O. The third-order valence-corrected chi connectivity index (χ3v) is 3.34. The summed E-state index contributed by atoms with van der Waals surface area (Å²) in [4.78, 5) is 0. The predicted octanol–water partition coefficient (Wildman–Crippen LogP) is 3.79. The number of aliphatic hydroxyl groups excluding tert-OH is 1. The highest BCUT2D eigenvalue weighted by atomic mass is 16.3. The van der Waals surface area contributed by atoms with Crippen LogP contribution in [0.5, 0.6) is 0 Å². The zero-order valence-corrected chi connectivity index (χ0v) is 10.4. The molecule has 0 radical (unpaired) electrons. The lowest BCUT2D eigenvalue weighted by molar-refractivity contribution is 0.217. The first kappa shape index (κ1) is 12.1. The smallest absolute Gasteiger partial charge is 0.0462 e. The first-order valence-corrected chi connectivity index (χ1v) is 6.42. The van der Waals surface area contributed by atoms with Gasteiger partial charge in [0.1, 0.15) is 0 Å². The van der Waals surface area contributed by atoms with Crippen molar-refractivity contribution in [3.05, 3.63) is 48.0 Å². The zero-order valence-electron chi connectivity index (χ0n) is 10.4. The standard InChI is InChI=1S/C16H20O/c1-2-6-13(12-17)11-15-9-5-8-14-7-3-4-10-16(14)15/h3-5,7-10,13,17H,2,6,11-12H2,1H3. The molecule has 2 aromatic carbocycles. The highest BCUT2D eigenvalue weighted by Gasteiger charge is 2.09. The van der Waals surface area contributed by atoms with Crippen LogP contribution >= 0.6 is 0 Å². The van der Waals surface area contributed by atoms with E-state index in [-0.39, 0.29) is 6.61 Å².